The smallest absolute Gasteiger partial charge is 0.292 e. The van der Waals surface area contributed by atoms with Gasteiger partial charge in [0.25, 0.3) is 5.69 Å². The summed E-state index contributed by atoms with van der Waals surface area (Å²) in [6, 6.07) is 4.64. The van der Waals surface area contributed by atoms with E-state index in [1.165, 1.54) is 11.0 Å². The number of hydrogen-bond donors (Lipinski definition) is 1. The monoisotopic (exact) mass is 291 g/mol. The van der Waals surface area contributed by atoms with E-state index in [2.05, 4.69) is 5.32 Å². The highest BCUT2D eigenvalue weighted by atomic mass is 16.6. The van der Waals surface area contributed by atoms with Gasteiger partial charge in [-0.3, -0.25) is 24.6 Å². The summed E-state index contributed by atoms with van der Waals surface area (Å²) in [5.74, 6) is -1.14. The number of nitro groups is 1. The van der Waals surface area contributed by atoms with Crippen LogP contribution >= 0.6 is 0 Å². The van der Waals surface area contributed by atoms with E-state index in [-0.39, 0.29) is 35.9 Å². The molecule has 2 unspecified atom stereocenters. The molecule has 2 atom stereocenters. The second kappa shape index (κ2) is 5.51. The Hall–Kier alpha value is -2.44. The minimum atomic E-state index is -0.492. The van der Waals surface area contributed by atoms with Gasteiger partial charge in [0.05, 0.1) is 11.5 Å². The maximum Gasteiger partial charge on any atom is 0.292 e. The first kappa shape index (κ1) is 15.0. The Kier molecular flexibility index (Phi) is 3.93. The Balaban J connectivity index is 2.28. The molecule has 2 rings (SSSR count). The van der Waals surface area contributed by atoms with Crippen molar-refractivity contribution >= 4 is 23.2 Å². The van der Waals surface area contributed by atoms with Gasteiger partial charge in [0, 0.05) is 24.9 Å². The minimum absolute atomic E-state index is 0.0666. The largest absolute Gasteiger partial charge is 0.383 e. The molecule has 1 aromatic rings. The van der Waals surface area contributed by atoms with Crippen LogP contribution < -0.4 is 5.32 Å². The summed E-state index contributed by atoms with van der Waals surface area (Å²) >= 11 is 0. The normalized spacial score (nSPS) is 21.8. The van der Waals surface area contributed by atoms with Crippen molar-refractivity contribution in [2.24, 2.45) is 11.8 Å². The molecule has 112 valence electrons. The van der Waals surface area contributed by atoms with Gasteiger partial charge in [-0.2, -0.15) is 0 Å². The van der Waals surface area contributed by atoms with Crippen LogP contribution in [0.4, 0.5) is 11.4 Å². The van der Waals surface area contributed by atoms with Crippen molar-refractivity contribution < 1.29 is 14.5 Å². The maximum absolute atomic E-state index is 12.0. The number of nitrogens with one attached hydrogen (secondary N) is 1. The Morgan fingerprint density at radius 2 is 1.81 bits per heavy atom. The molecule has 1 aliphatic heterocycles. The maximum atomic E-state index is 12.0. The molecule has 2 amide bonds. The van der Waals surface area contributed by atoms with E-state index < -0.39 is 4.92 Å². The van der Waals surface area contributed by atoms with E-state index in [1.807, 2.05) is 0 Å². The molecule has 7 nitrogen and oxygen atoms in total. The number of carbonyl (C=O) groups is 2. The average Bonchev–Trinajstić information content (AvgIpc) is 2.65. The van der Waals surface area contributed by atoms with E-state index in [4.69, 9.17) is 0 Å². The zero-order chi connectivity index (χ0) is 15.7. The summed E-state index contributed by atoms with van der Waals surface area (Å²) in [5, 5.41) is 13.8. The number of rotatable bonds is 4. The van der Waals surface area contributed by atoms with Gasteiger partial charge in [-0.05, 0) is 11.6 Å². The fraction of sp³-hybridized carbons (Fsp3) is 0.429. The topological polar surface area (TPSA) is 92.6 Å². The molecule has 1 heterocycles. The highest BCUT2D eigenvalue weighted by molar-refractivity contribution is 6.04. The van der Waals surface area contributed by atoms with Gasteiger partial charge in [0.1, 0.15) is 5.69 Å². The first-order chi connectivity index (χ1) is 9.86. The number of carbonyl (C=O) groups excluding carboxylic acids is 2. The first-order valence-corrected chi connectivity index (χ1v) is 6.67. The van der Waals surface area contributed by atoms with Gasteiger partial charge in [0.15, 0.2) is 0 Å². The van der Waals surface area contributed by atoms with Gasteiger partial charge in [-0.25, -0.2) is 0 Å². The van der Waals surface area contributed by atoms with Crippen LogP contribution in [0.2, 0.25) is 0 Å². The Morgan fingerprint density at radius 1 is 1.24 bits per heavy atom. The van der Waals surface area contributed by atoms with Crippen LogP contribution in [0.3, 0.4) is 0 Å². The molecule has 21 heavy (non-hydrogen) atoms. The van der Waals surface area contributed by atoms with E-state index in [0.29, 0.717) is 11.3 Å². The number of likely N-dealkylation sites (tertiary alicyclic amines) is 1. The molecule has 0 aromatic heterocycles. The quantitative estimate of drug-likeness (QED) is 0.518. The fourth-order valence-corrected chi connectivity index (χ4v) is 2.40. The Labute approximate surface area is 122 Å². The molecular weight excluding hydrogens is 274 g/mol. The molecule has 1 aromatic carbocycles. The summed E-state index contributed by atoms with van der Waals surface area (Å²) in [6.45, 7) is 3.51. The lowest BCUT2D eigenvalue weighted by Crippen LogP contribution is -2.30. The number of imide groups is 1. The lowest BCUT2D eigenvalue weighted by atomic mass is 10.00. The second-order valence-electron chi connectivity index (χ2n) is 5.20. The Bertz CT molecular complexity index is 594. The number of benzene rings is 1. The highest BCUT2D eigenvalue weighted by Gasteiger charge is 2.42. The van der Waals surface area contributed by atoms with Crippen molar-refractivity contribution in [3.8, 4) is 0 Å². The zero-order valence-corrected chi connectivity index (χ0v) is 12.1. The van der Waals surface area contributed by atoms with Crippen LogP contribution in [-0.4, -0.2) is 28.7 Å². The molecule has 0 saturated carbocycles. The van der Waals surface area contributed by atoms with E-state index in [1.54, 1.807) is 33.0 Å². The molecular formula is C14H17N3O4. The third kappa shape index (κ3) is 2.58. The number of anilines is 1. The summed E-state index contributed by atoms with van der Waals surface area (Å²) in [5.41, 5.74) is 0.878. The predicted molar refractivity (Wildman–Crippen MR) is 76.5 cm³/mol. The number of amides is 2. The van der Waals surface area contributed by atoms with Crippen molar-refractivity contribution in [3.63, 3.8) is 0 Å². The SMILES string of the molecule is CNc1ccc(CN2C(=O)C(C)C(C)C2=O)cc1[N+](=O)[O-]. The van der Waals surface area contributed by atoms with Crippen molar-refractivity contribution in [2.75, 3.05) is 12.4 Å². The van der Waals surface area contributed by atoms with Crippen LogP contribution in [-0.2, 0) is 16.1 Å². The molecule has 0 bridgehead atoms. The summed E-state index contributed by atoms with van der Waals surface area (Å²) in [6.07, 6.45) is 0. The standard InChI is InChI=1S/C14H17N3O4/c1-8-9(2)14(19)16(13(8)18)7-10-4-5-11(15-3)12(6-10)17(20)21/h4-6,8-9,15H,7H2,1-3H3. The lowest BCUT2D eigenvalue weighted by Gasteiger charge is -2.15. The predicted octanol–water partition coefficient (Wildman–Crippen LogP) is 1.78. The average molecular weight is 291 g/mol. The Morgan fingerprint density at radius 3 is 2.29 bits per heavy atom. The molecule has 1 saturated heterocycles. The summed E-state index contributed by atoms with van der Waals surface area (Å²) < 4.78 is 0. The number of nitrogens with zero attached hydrogens (tertiary/aromatic N) is 2. The van der Waals surface area contributed by atoms with Crippen LogP contribution in [0.5, 0.6) is 0 Å². The van der Waals surface area contributed by atoms with Gasteiger partial charge < -0.3 is 5.32 Å². The highest BCUT2D eigenvalue weighted by Crippen LogP contribution is 2.29. The van der Waals surface area contributed by atoms with Gasteiger partial charge in [-0.15, -0.1) is 0 Å². The van der Waals surface area contributed by atoms with Gasteiger partial charge >= 0.3 is 0 Å². The van der Waals surface area contributed by atoms with Crippen LogP contribution in [0.1, 0.15) is 19.4 Å². The molecule has 1 aliphatic rings. The summed E-state index contributed by atoms with van der Waals surface area (Å²) in [4.78, 5) is 35.8. The first-order valence-electron chi connectivity index (χ1n) is 6.67. The van der Waals surface area contributed by atoms with Crippen LogP contribution in [0.15, 0.2) is 18.2 Å². The molecule has 0 spiro atoms. The molecule has 1 N–H and O–H groups in total. The summed E-state index contributed by atoms with van der Waals surface area (Å²) in [7, 11) is 1.60. The number of nitro benzene ring substituents is 1. The minimum Gasteiger partial charge on any atom is -0.383 e. The van der Waals surface area contributed by atoms with Crippen molar-refractivity contribution in [3.05, 3.63) is 33.9 Å². The molecule has 0 aliphatic carbocycles. The molecule has 0 radical (unpaired) electrons. The van der Waals surface area contributed by atoms with Gasteiger partial charge in [0.2, 0.25) is 11.8 Å². The third-order valence-corrected chi connectivity index (χ3v) is 3.93. The zero-order valence-electron chi connectivity index (χ0n) is 12.1. The molecule has 1 fully saturated rings. The fourth-order valence-electron chi connectivity index (χ4n) is 2.40. The lowest BCUT2D eigenvalue weighted by molar-refractivity contribution is -0.384. The van der Waals surface area contributed by atoms with Crippen LogP contribution in [0, 0.1) is 22.0 Å². The van der Waals surface area contributed by atoms with Crippen molar-refractivity contribution in [1.82, 2.24) is 4.90 Å². The van der Waals surface area contributed by atoms with Crippen molar-refractivity contribution in [1.29, 1.82) is 0 Å². The van der Waals surface area contributed by atoms with E-state index in [9.17, 15) is 19.7 Å². The van der Waals surface area contributed by atoms with E-state index >= 15 is 0 Å². The number of hydrogen-bond acceptors (Lipinski definition) is 5. The molecule has 7 heteroatoms. The third-order valence-electron chi connectivity index (χ3n) is 3.93. The van der Waals surface area contributed by atoms with Crippen molar-refractivity contribution in [2.45, 2.75) is 20.4 Å². The second-order valence-corrected chi connectivity index (χ2v) is 5.20. The van der Waals surface area contributed by atoms with Crippen LogP contribution in [0.25, 0.3) is 0 Å². The van der Waals surface area contributed by atoms with Gasteiger partial charge in [-0.1, -0.05) is 19.9 Å². The van der Waals surface area contributed by atoms with E-state index in [0.717, 1.165) is 0 Å².